The van der Waals surface area contributed by atoms with Gasteiger partial charge in [0, 0.05) is 11.6 Å². The van der Waals surface area contributed by atoms with E-state index in [1.54, 1.807) is 12.1 Å². The van der Waals surface area contributed by atoms with Gasteiger partial charge in [0.05, 0.1) is 0 Å². The molecule has 1 rings (SSSR count). The molecular formula is C10H11ClFNO2. The van der Waals surface area contributed by atoms with Gasteiger partial charge in [0.1, 0.15) is 12.1 Å². The lowest BCUT2D eigenvalue weighted by atomic mass is 9.82. The Morgan fingerprint density at radius 3 is 2.53 bits per heavy atom. The SMILES string of the molecule is NCC(CF)(C(=O)O)c1ccccc1Cl. The zero-order valence-corrected chi connectivity index (χ0v) is 8.67. The van der Waals surface area contributed by atoms with Gasteiger partial charge in [0.25, 0.3) is 0 Å². The number of carboxylic acid groups (broad SMARTS) is 1. The van der Waals surface area contributed by atoms with Gasteiger partial charge in [-0.15, -0.1) is 0 Å². The minimum atomic E-state index is -1.74. The van der Waals surface area contributed by atoms with E-state index in [4.69, 9.17) is 22.4 Å². The number of carbonyl (C=O) groups is 1. The van der Waals surface area contributed by atoms with Gasteiger partial charge in [0.2, 0.25) is 0 Å². The van der Waals surface area contributed by atoms with Gasteiger partial charge in [0.15, 0.2) is 0 Å². The molecule has 5 heteroatoms. The van der Waals surface area contributed by atoms with Crippen molar-refractivity contribution in [1.82, 2.24) is 0 Å². The third kappa shape index (κ3) is 1.96. The molecule has 0 aromatic heterocycles. The predicted molar refractivity (Wildman–Crippen MR) is 55.8 cm³/mol. The third-order valence-electron chi connectivity index (χ3n) is 2.38. The zero-order chi connectivity index (χ0) is 11.5. The molecule has 0 aliphatic carbocycles. The lowest BCUT2D eigenvalue weighted by Crippen LogP contribution is -2.45. The number of nitrogens with two attached hydrogens (primary N) is 1. The Labute approximate surface area is 91.7 Å². The molecule has 0 fully saturated rings. The summed E-state index contributed by atoms with van der Waals surface area (Å²) in [6, 6.07) is 6.24. The molecule has 1 unspecified atom stereocenters. The summed E-state index contributed by atoms with van der Waals surface area (Å²) in [4.78, 5) is 11.1. The second kappa shape index (κ2) is 4.59. The molecule has 3 N–H and O–H groups in total. The van der Waals surface area contributed by atoms with E-state index >= 15 is 0 Å². The Hall–Kier alpha value is -1.13. The van der Waals surface area contributed by atoms with Gasteiger partial charge in [-0.3, -0.25) is 4.79 Å². The third-order valence-corrected chi connectivity index (χ3v) is 2.70. The number of benzene rings is 1. The molecular weight excluding hydrogens is 221 g/mol. The molecule has 1 aromatic carbocycles. The first-order chi connectivity index (χ1) is 7.08. The predicted octanol–water partition coefficient (Wildman–Crippen LogP) is 1.59. The van der Waals surface area contributed by atoms with Crippen LogP contribution in [0.4, 0.5) is 4.39 Å². The van der Waals surface area contributed by atoms with E-state index in [1.807, 2.05) is 0 Å². The van der Waals surface area contributed by atoms with E-state index in [0.717, 1.165) is 0 Å². The van der Waals surface area contributed by atoms with Crippen LogP contribution in [0.2, 0.25) is 5.02 Å². The van der Waals surface area contributed by atoms with Crippen LogP contribution in [-0.4, -0.2) is 24.3 Å². The molecule has 0 spiro atoms. The number of rotatable bonds is 4. The Kier molecular flexibility index (Phi) is 3.66. The summed E-state index contributed by atoms with van der Waals surface area (Å²) in [5.74, 6) is -1.30. The summed E-state index contributed by atoms with van der Waals surface area (Å²) in [6.07, 6.45) is 0. The van der Waals surface area contributed by atoms with Gasteiger partial charge < -0.3 is 10.8 Å². The first-order valence-electron chi connectivity index (χ1n) is 4.33. The molecule has 0 radical (unpaired) electrons. The molecule has 15 heavy (non-hydrogen) atoms. The van der Waals surface area contributed by atoms with Crippen molar-refractivity contribution in [3.8, 4) is 0 Å². The molecule has 0 aliphatic heterocycles. The van der Waals surface area contributed by atoms with Crippen molar-refractivity contribution in [2.75, 3.05) is 13.2 Å². The normalized spacial score (nSPS) is 14.6. The lowest BCUT2D eigenvalue weighted by Gasteiger charge is -2.25. The van der Waals surface area contributed by atoms with Crippen LogP contribution in [-0.2, 0) is 10.2 Å². The highest BCUT2D eigenvalue weighted by molar-refractivity contribution is 6.31. The van der Waals surface area contributed by atoms with Crippen molar-refractivity contribution in [2.24, 2.45) is 5.73 Å². The van der Waals surface area contributed by atoms with Crippen molar-refractivity contribution in [2.45, 2.75) is 5.41 Å². The van der Waals surface area contributed by atoms with Crippen molar-refractivity contribution >= 4 is 17.6 Å². The number of halogens is 2. The smallest absolute Gasteiger partial charge is 0.318 e. The number of carboxylic acids is 1. The summed E-state index contributed by atoms with van der Waals surface area (Å²) in [5.41, 5.74) is 3.82. The Balaban J connectivity index is 3.33. The van der Waals surface area contributed by atoms with Crippen LogP contribution < -0.4 is 5.73 Å². The molecule has 3 nitrogen and oxygen atoms in total. The molecule has 0 heterocycles. The number of hydrogen-bond donors (Lipinski definition) is 2. The fourth-order valence-corrected chi connectivity index (χ4v) is 1.66. The fraction of sp³-hybridized carbons (Fsp3) is 0.300. The van der Waals surface area contributed by atoms with Crippen molar-refractivity contribution in [3.63, 3.8) is 0 Å². The Bertz CT molecular complexity index is 366. The van der Waals surface area contributed by atoms with Crippen LogP contribution in [0.15, 0.2) is 24.3 Å². The standard InChI is InChI=1S/C10H11ClFNO2/c11-8-4-2-1-3-7(8)10(5-12,6-13)9(14)15/h1-4H,5-6,13H2,(H,14,15). The van der Waals surface area contributed by atoms with Gasteiger partial charge in [-0.05, 0) is 11.6 Å². The second-order valence-corrected chi connectivity index (χ2v) is 3.61. The molecule has 0 bridgehead atoms. The average molecular weight is 232 g/mol. The highest BCUT2D eigenvalue weighted by atomic mass is 35.5. The zero-order valence-electron chi connectivity index (χ0n) is 7.91. The van der Waals surface area contributed by atoms with E-state index in [9.17, 15) is 9.18 Å². The van der Waals surface area contributed by atoms with E-state index in [-0.39, 0.29) is 17.1 Å². The van der Waals surface area contributed by atoms with Crippen LogP contribution in [0.1, 0.15) is 5.56 Å². The van der Waals surface area contributed by atoms with Crippen LogP contribution in [0.3, 0.4) is 0 Å². The summed E-state index contributed by atoms with van der Waals surface area (Å²) in [7, 11) is 0. The Morgan fingerprint density at radius 1 is 1.53 bits per heavy atom. The maximum absolute atomic E-state index is 12.9. The summed E-state index contributed by atoms with van der Waals surface area (Å²) < 4.78 is 12.9. The first kappa shape index (κ1) is 11.9. The van der Waals surface area contributed by atoms with Crippen molar-refractivity contribution in [3.05, 3.63) is 34.9 Å². The summed E-state index contributed by atoms with van der Waals surface area (Å²) in [5, 5.41) is 9.23. The minimum Gasteiger partial charge on any atom is -0.480 e. The maximum Gasteiger partial charge on any atom is 0.318 e. The van der Waals surface area contributed by atoms with Crippen LogP contribution >= 0.6 is 11.6 Å². The average Bonchev–Trinajstić information content (AvgIpc) is 2.22. The number of aliphatic carboxylic acids is 1. The van der Waals surface area contributed by atoms with Gasteiger partial charge >= 0.3 is 5.97 Å². The lowest BCUT2D eigenvalue weighted by molar-refractivity contribution is -0.144. The highest BCUT2D eigenvalue weighted by Gasteiger charge is 2.40. The molecule has 0 amide bonds. The molecule has 1 atom stereocenters. The molecule has 1 aromatic rings. The van der Waals surface area contributed by atoms with E-state index < -0.39 is 18.1 Å². The monoisotopic (exact) mass is 231 g/mol. The van der Waals surface area contributed by atoms with Gasteiger partial charge in [-0.1, -0.05) is 29.8 Å². The molecule has 0 saturated carbocycles. The highest BCUT2D eigenvalue weighted by Crippen LogP contribution is 2.30. The largest absolute Gasteiger partial charge is 0.480 e. The Morgan fingerprint density at radius 2 is 2.13 bits per heavy atom. The number of hydrogen-bond acceptors (Lipinski definition) is 2. The first-order valence-corrected chi connectivity index (χ1v) is 4.70. The van der Waals surface area contributed by atoms with E-state index in [2.05, 4.69) is 0 Å². The second-order valence-electron chi connectivity index (χ2n) is 3.20. The van der Waals surface area contributed by atoms with Crippen molar-refractivity contribution < 1.29 is 14.3 Å². The minimum absolute atomic E-state index is 0.211. The van der Waals surface area contributed by atoms with Gasteiger partial charge in [-0.25, -0.2) is 4.39 Å². The summed E-state index contributed by atoms with van der Waals surface area (Å²) >= 11 is 5.82. The fourth-order valence-electron chi connectivity index (χ4n) is 1.35. The molecule has 82 valence electrons. The van der Waals surface area contributed by atoms with Crippen molar-refractivity contribution in [1.29, 1.82) is 0 Å². The topological polar surface area (TPSA) is 63.3 Å². The van der Waals surface area contributed by atoms with Crippen LogP contribution in [0.25, 0.3) is 0 Å². The quantitative estimate of drug-likeness (QED) is 0.827. The molecule has 0 aliphatic rings. The summed E-state index contributed by atoms with van der Waals surface area (Å²) in [6.45, 7) is -1.41. The molecule has 0 saturated heterocycles. The van der Waals surface area contributed by atoms with Gasteiger partial charge in [-0.2, -0.15) is 0 Å². The number of alkyl halides is 1. The van der Waals surface area contributed by atoms with Crippen LogP contribution in [0.5, 0.6) is 0 Å². The van der Waals surface area contributed by atoms with E-state index in [1.165, 1.54) is 12.1 Å². The van der Waals surface area contributed by atoms with E-state index in [0.29, 0.717) is 0 Å². The van der Waals surface area contributed by atoms with Crippen LogP contribution in [0, 0.1) is 0 Å². The maximum atomic E-state index is 12.9.